The number of benzene rings is 1. The summed E-state index contributed by atoms with van der Waals surface area (Å²) in [5.74, 6) is -0.290. The molecule has 0 aliphatic carbocycles. The molecule has 1 aromatic carbocycles. The average molecular weight is 420 g/mol. The van der Waals surface area contributed by atoms with Crippen LogP contribution >= 0.6 is 11.6 Å². The molecule has 4 N–H and O–H groups in total. The van der Waals surface area contributed by atoms with Gasteiger partial charge in [-0.05, 0) is 30.0 Å². The number of aromatic amines is 1. The van der Waals surface area contributed by atoms with Crippen molar-refractivity contribution in [1.82, 2.24) is 20.8 Å². The van der Waals surface area contributed by atoms with Crippen LogP contribution in [0.5, 0.6) is 0 Å². The van der Waals surface area contributed by atoms with E-state index in [1.807, 2.05) is 13.8 Å². The molecule has 8 nitrogen and oxygen atoms in total. The van der Waals surface area contributed by atoms with Gasteiger partial charge in [-0.1, -0.05) is 37.6 Å². The first-order valence-corrected chi connectivity index (χ1v) is 9.74. The predicted octanol–water partition coefficient (Wildman–Crippen LogP) is 2.80. The summed E-state index contributed by atoms with van der Waals surface area (Å²) in [5, 5.41) is 15.3. The first-order valence-electron chi connectivity index (χ1n) is 9.36. The molecule has 2 rings (SSSR count). The molecule has 1 aromatic heterocycles. The number of nitrogens with zero attached hydrogens (tertiary/aromatic N) is 1. The smallest absolute Gasteiger partial charge is 0.248 e. The number of halogens is 1. The lowest BCUT2D eigenvalue weighted by molar-refractivity contribution is -0.127. The molecule has 0 saturated carbocycles. The van der Waals surface area contributed by atoms with Gasteiger partial charge in [0.1, 0.15) is 11.9 Å². The number of carbonyl (C=O) groups is 3. The maximum atomic E-state index is 12.7. The summed E-state index contributed by atoms with van der Waals surface area (Å²) in [6.45, 7) is 5.33. The third-order valence-corrected chi connectivity index (χ3v) is 4.41. The first kappa shape index (κ1) is 22.4. The van der Waals surface area contributed by atoms with Gasteiger partial charge in [0.05, 0.1) is 18.7 Å². The second-order valence-corrected chi connectivity index (χ2v) is 7.65. The molecule has 0 aliphatic heterocycles. The fourth-order valence-electron chi connectivity index (χ4n) is 2.88. The lowest BCUT2D eigenvalue weighted by Gasteiger charge is -2.22. The van der Waals surface area contributed by atoms with E-state index < -0.39 is 12.1 Å². The Labute approximate surface area is 174 Å². The van der Waals surface area contributed by atoms with E-state index in [2.05, 4.69) is 26.1 Å². The zero-order valence-corrected chi connectivity index (χ0v) is 17.4. The minimum absolute atomic E-state index is 0.00680. The summed E-state index contributed by atoms with van der Waals surface area (Å²) in [4.78, 5) is 36.9. The lowest BCUT2D eigenvalue weighted by Crippen LogP contribution is -2.45. The molecule has 2 unspecified atom stereocenters. The molecule has 0 spiro atoms. The Bertz CT molecular complexity index is 821. The summed E-state index contributed by atoms with van der Waals surface area (Å²) in [5.41, 5.74) is 0.752. The van der Waals surface area contributed by atoms with Gasteiger partial charge in [-0.15, -0.1) is 0 Å². The van der Waals surface area contributed by atoms with Crippen molar-refractivity contribution in [3.8, 4) is 0 Å². The SMILES string of the molecule is CC(=O)NC(CC(=O)NC(CC(C)C)C(=O)Nc1ccn[nH]1)c1ccc(Cl)cc1. The average Bonchev–Trinajstić information content (AvgIpc) is 3.13. The van der Waals surface area contributed by atoms with Crippen LogP contribution < -0.4 is 16.0 Å². The standard InChI is InChI=1S/C20H26ClN5O3/c1-12(2)10-17(20(29)25-18-8-9-22-26-18)24-19(28)11-16(23-13(3)27)14-4-6-15(21)7-5-14/h4-9,12,16-17H,10-11H2,1-3H3,(H,23,27)(H,24,28)(H2,22,25,26,29). The lowest BCUT2D eigenvalue weighted by atomic mass is 10.0. The molecule has 0 saturated heterocycles. The molecule has 0 aliphatic rings. The number of rotatable bonds is 9. The molecular weight excluding hydrogens is 394 g/mol. The second-order valence-electron chi connectivity index (χ2n) is 7.22. The minimum Gasteiger partial charge on any atom is -0.349 e. The van der Waals surface area contributed by atoms with Gasteiger partial charge in [0.25, 0.3) is 0 Å². The summed E-state index contributed by atoms with van der Waals surface area (Å²) >= 11 is 5.92. The van der Waals surface area contributed by atoms with Gasteiger partial charge in [0, 0.05) is 18.0 Å². The number of carbonyl (C=O) groups excluding carboxylic acids is 3. The van der Waals surface area contributed by atoms with Gasteiger partial charge in [0.15, 0.2) is 0 Å². The van der Waals surface area contributed by atoms with Crippen LogP contribution in [0.4, 0.5) is 5.82 Å². The minimum atomic E-state index is -0.714. The number of anilines is 1. The summed E-state index contributed by atoms with van der Waals surface area (Å²) in [6, 6.07) is 7.29. The Morgan fingerprint density at radius 3 is 2.34 bits per heavy atom. The van der Waals surface area contributed by atoms with Crippen molar-refractivity contribution in [1.29, 1.82) is 0 Å². The van der Waals surface area contributed by atoms with Crippen LogP contribution in [0.3, 0.4) is 0 Å². The molecule has 1 heterocycles. The third kappa shape index (κ3) is 7.57. The zero-order chi connectivity index (χ0) is 21.4. The first-order chi connectivity index (χ1) is 13.7. The largest absolute Gasteiger partial charge is 0.349 e. The Balaban J connectivity index is 2.07. The van der Waals surface area contributed by atoms with Crippen LogP contribution in [0, 0.1) is 5.92 Å². The van der Waals surface area contributed by atoms with Gasteiger partial charge >= 0.3 is 0 Å². The molecule has 0 radical (unpaired) electrons. The Morgan fingerprint density at radius 2 is 1.79 bits per heavy atom. The topological polar surface area (TPSA) is 116 Å². The maximum Gasteiger partial charge on any atom is 0.248 e. The van der Waals surface area contributed by atoms with Crippen molar-refractivity contribution in [2.24, 2.45) is 5.92 Å². The molecule has 156 valence electrons. The predicted molar refractivity (Wildman–Crippen MR) is 111 cm³/mol. The monoisotopic (exact) mass is 419 g/mol. The van der Waals surface area contributed by atoms with Crippen LogP contribution in [0.2, 0.25) is 5.02 Å². The fraction of sp³-hybridized carbons (Fsp3) is 0.400. The van der Waals surface area contributed by atoms with E-state index in [0.29, 0.717) is 17.3 Å². The number of amides is 3. The van der Waals surface area contributed by atoms with E-state index in [-0.39, 0.29) is 30.1 Å². The van der Waals surface area contributed by atoms with E-state index in [4.69, 9.17) is 11.6 Å². The van der Waals surface area contributed by atoms with Crippen LogP contribution in [0.25, 0.3) is 0 Å². The van der Waals surface area contributed by atoms with Crippen molar-refractivity contribution in [3.05, 3.63) is 47.1 Å². The van der Waals surface area contributed by atoms with Gasteiger partial charge in [-0.2, -0.15) is 5.10 Å². The number of hydrogen-bond donors (Lipinski definition) is 4. The van der Waals surface area contributed by atoms with Crippen LogP contribution in [0.15, 0.2) is 36.5 Å². The van der Waals surface area contributed by atoms with Crippen molar-refractivity contribution in [2.45, 2.75) is 45.7 Å². The van der Waals surface area contributed by atoms with Gasteiger partial charge in [-0.25, -0.2) is 0 Å². The zero-order valence-electron chi connectivity index (χ0n) is 16.7. The molecule has 0 fully saturated rings. The highest BCUT2D eigenvalue weighted by atomic mass is 35.5. The summed E-state index contributed by atoms with van der Waals surface area (Å²) in [7, 11) is 0. The van der Waals surface area contributed by atoms with Crippen molar-refractivity contribution >= 4 is 35.1 Å². The normalized spacial score (nSPS) is 12.9. The molecule has 9 heteroatoms. The molecule has 2 atom stereocenters. The van der Waals surface area contributed by atoms with Crippen molar-refractivity contribution < 1.29 is 14.4 Å². The van der Waals surface area contributed by atoms with Crippen LogP contribution in [-0.4, -0.2) is 34.0 Å². The van der Waals surface area contributed by atoms with E-state index in [0.717, 1.165) is 5.56 Å². The molecule has 2 aromatic rings. The molecule has 29 heavy (non-hydrogen) atoms. The Hall–Kier alpha value is -2.87. The highest BCUT2D eigenvalue weighted by molar-refractivity contribution is 6.30. The highest BCUT2D eigenvalue weighted by Crippen LogP contribution is 2.20. The van der Waals surface area contributed by atoms with Crippen molar-refractivity contribution in [2.75, 3.05) is 5.32 Å². The molecule has 0 bridgehead atoms. The molecular formula is C20H26ClN5O3. The van der Waals surface area contributed by atoms with E-state index >= 15 is 0 Å². The fourth-order valence-corrected chi connectivity index (χ4v) is 3.01. The number of aromatic nitrogens is 2. The maximum absolute atomic E-state index is 12.7. The van der Waals surface area contributed by atoms with Gasteiger partial charge in [-0.3, -0.25) is 19.5 Å². The number of hydrogen-bond acceptors (Lipinski definition) is 4. The van der Waals surface area contributed by atoms with Crippen molar-refractivity contribution in [3.63, 3.8) is 0 Å². The van der Waals surface area contributed by atoms with Crippen LogP contribution in [-0.2, 0) is 14.4 Å². The highest BCUT2D eigenvalue weighted by Gasteiger charge is 2.25. The number of H-pyrrole nitrogens is 1. The Morgan fingerprint density at radius 1 is 1.10 bits per heavy atom. The summed E-state index contributed by atoms with van der Waals surface area (Å²) < 4.78 is 0. The Kier molecular flexibility index (Phi) is 8.21. The van der Waals surface area contributed by atoms with E-state index in [9.17, 15) is 14.4 Å². The third-order valence-electron chi connectivity index (χ3n) is 4.16. The molecule has 3 amide bonds. The van der Waals surface area contributed by atoms with Crippen LogP contribution in [0.1, 0.15) is 45.2 Å². The van der Waals surface area contributed by atoms with Gasteiger partial charge < -0.3 is 16.0 Å². The second kappa shape index (κ2) is 10.6. The summed E-state index contributed by atoms with van der Waals surface area (Å²) in [6.07, 6.45) is 1.99. The quantitative estimate of drug-likeness (QED) is 0.500. The van der Waals surface area contributed by atoms with E-state index in [1.165, 1.54) is 13.1 Å². The van der Waals surface area contributed by atoms with E-state index in [1.54, 1.807) is 30.3 Å². The van der Waals surface area contributed by atoms with Gasteiger partial charge in [0.2, 0.25) is 17.7 Å². The number of nitrogens with one attached hydrogen (secondary N) is 4.